The van der Waals surface area contributed by atoms with Gasteiger partial charge in [0.2, 0.25) is 0 Å². The first-order valence-corrected chi connectivity index (χ1v) is 8.36. The van der Waals surface area contributed by atoms with Gasteiger partial charge in [0.25, 0.3) is 0 Å². The standard InChI is InChI=1S/C18H26O4/c19-14-7-5-6-13(12-14)15-10-11-17(20)16(15)8-3-1-2-4-9-18(21)22/h1,3,12,14-16,19H,2,4-11H2,(H,21,22)/t14?,15-,16-/m1/s1. The number of aliphatic hydroxyl groups excluding tert-OH is 1. The number of hydrogen-bond acceptors (Lipinski definition) is 3. The first-order chi connectivity index (χ1) is 10.6. The molecule has 2 aliphatic rings. The molecule has 22 heavy (non-hydrogen) atoms. The van der Waals surface area contributed by atoms with Crippen LogP contribution in [0.5, 0.6) is 0 Å². The van der Waals surface area contributed by atoms with Crippen LogP contribution in [0.4, 0.5) is 0 Å². The highest BCUT2D eigenvalue weighted by Crippen LogP contribution is 2.40. The van der Waals surface area contributed by atoms with E-state index in [2.05, 4.69) is 0 Å². The highest BCUT2D eigenvalue weighted by molar-refractivity contribution is 5.84. The zero-order valence-electron chi connectivity index (χ0n) is 13.0. The molecule has 0 aromatic rings. The number of aliphatic carboxylic acids is 1. The third-order valence-corrected chi connectivity index (χ3v) is 4.77. The molecule has 0 heterocycles. The summed E-state index contributed by atoms with van der Waals surface area (Å²) in [5.41, 5.74) is 1.27. The molecule has 0 aromatic heterocycles. The molecule has 4 heteroatoms. The molecular formula is C18H26O4. The van der Waals surface area contributed by atoms with Crippen molar-refractivity contribution in [2.45, 2.75) is 63.9 Å². The number of Topliss-reactive ketones (excluding diaryl/α,β-unsaturated/α-hetero) is 1. The second-order valence-corrected chi connectivity index (χ2v) is 6.41. The Kier molecular flexibility index (Phi) is 6.37. The van der Waals surface area contributed by atoms with E-state index in [1.165, 1.54) is 5.57 Å². The molecule has 1 fully saturated rings. The molecule has 4 nitrogen and oxygen atoms in total. The third-order valence-electron chi connectivity index (χ3n) is 4.77. The second-order valence-electron chi connectivity index (χ2n) is 6.41. The lowest BCUT2D eigenvalue weighted by Gasteiger charge is -2.25. The number of carbonyl (C=O) groups is 2. The van der Waals surface area contributed by atoms with E-state index in [-0.39, 0.29) is 18.4 Å². The summed E-state index contributed by atoms with van der Waals surface area (Å²) in [6, 6.07) is 0. The van der Waals surface area contributed by atoms with E-state index < -0.39 is 5.97 Å². The van der Waals surface area contributed by atoms with Crippen LogP contribution in [0.25, 0.3) is 0 Å². The van der Waals surface area contributed by atoms with Crippen molar-refractivity contribution in [3.05, 3.63) is 23.8 Å². The Hall–Kier alpha value is -1.42. The van der Waals surface area contributed by atoms with Crippen LogP contribution in [0.3, 0.4) is 0 Å². The van der Waals surface area contributed by atoms with Gasteiger partial charge in [-0.25, -0.2) is 0 Å². The van der Waals surface area contributed by atoms with E-state index in [4.69, 9.17) is 5.11 Å². The lowest BCUT2D eigenvalue weighted by molar-refractivity contribution is -0.137. The van der Waals surface area contributed by atoms with E-state index in [1.54, 1.807) is 0 Å². The first kappa shape index (κ1) is 16.9. The highest BCUT2D eigenvalue weighted by Gasteiger charge is 2.36. The number of carbonyl (C=O) groups excluding carboxylic acids is 1. The Morgan fingerprint density at radius 2 is 2.09 bits per heavy atom. The van der Waals surface area contributed by atoms with E-state index in [1.807, 2.05) is 18.2 Å². The molecule has 2 aliphatic carbocycles. The molecule has 0 bridgehead atoms. The Balaban J connectivity index is 1.86. The van der Waals surface area contributed by atoms with Crippen LogP contribution in [0.2, 0.25) is 0 Å². The Morgan fingerprint density at radius 1 is 1.27 bits per heavy atom. The van der Waals surface area contributed by atoms with Crippen molar-refractivity contribution in [2.24, 2.45) is 11.8 Å². The van der Waals surface area contributed by atoms with Crippen molar-refractivity contribution < 1.29 is 19.8 Å². The fourth-order valence-corrected chi connectivity index (χ4v) is 3.62. The number of aliphatic hydroxyl groups is 1. The summed E-state index contributed by atoms with van der Waals surface area (Å²) in [5, 5.41) is 18.4. The number of ketones is 1. The van der Waals surface area contributed by atoms with Crippen molar-refractivity contribution in [3.8, 4) is 0 Å². The molecule has 0 aliphatic heterocycles. The van der Waals surface area contributed by atoms with Gasteiger partial charge >= 0.3 is 5.97 Å². The largest absolute Gasteiger partial charge is 0.481 e. The smallest absolute Gasteiger partial charge is 0.303 e. The minimum atomic E-state index is -0.762. The van der Waals surface area contributed by atoms with E-state index >= 15 is 0 Å². The van der Waals surface area contributed by atoms with Gasteiger partial charge in [-0.2, -0.15) is 0 Å². The fraction of sp³-hybridized carbons (Fsp3) is 0.667. The summed E-state index contributed by atoms with van der Waals surface area (Å²) in [6.45, 7) is 0. The molecule has 0 amide bonds. The van der Waals surface area contributed by atoms with Gasteiger partial charge in [-0.15, -0.1) is 0 Å². The fourth-order valence-electron chi connectivity index (χ4n) is 3.62. The predicted octanol–water partition coefficient (Wildman–Crippen LogP) is 3.25. The maximum atomic E-state index is 12.1. The molecule has 1 saturated carbocycles. The molecule has 0 aromatic carbocycles. The number of rotatable bonds is 7. The van der Waals surface area contributed by atoms with Crippen molar-refractivity contribution >= 4 is 11.8 Å². The van der Waals surface area contributed by atoms with Crippen LogP contribution < -0.4 is 0 Å². The maximum absolute atomic E-state index is 12.1. The van der Waals surface area contributed by atoms with Crippen LogP contribution in [-0.2, 0) is 9.59 Å². The van der Waals surface area contributed by atoms with E-state index in [9.17, 15) is 14.7 Å². The quantitative estimate of drug-likeness (QED) is 0.559. The summed E-state index contributed by atoms with van der Waals surface area (Å²) in [7, 11) is 0. The van der Waals surface area contributed by atoms with Gasteiger partial charge in [-0.3, -0.25) is 9.59 Å². The van der Waals surface area contributed by atoms with Crippen molar-refractivity contribution in [3.63, 3.8) is 0 Å². The maximum Gasteiger partial charge on any atom is 0.303 e. The normalized spacial score (nSPS) is 29.0. The van der Waals surface area contributed by atoms with Crippen molar-refractivity contribution in [1.82, 2.24) is 0 Å². The monoisotopic (exact) mass is 306 g/mol. The van der Waals surface area contributed by atoms with Gasteiger partial charge in [0.05, 0.1) is 6.10 Å². The Labute approximate surface area is 131 Å². The SMILES string of the molecule is O=C(O)CCCC=CC[C@H]1C(=O)CC[C@@H]1C1=CC(O)CCC1. The third kappa shape index (κ3) is 4.80. The minimum absolute atomic E-state index is 0.0484. The van der Waals surface area contributed by atoms with Crippen molar-refractivity contribution in [2.75, 3.05) is 0 Å². The zero-order chi connectivity index (χ0) is 15.9. The molecule has 2 rings (SSSR count). The number of unbranched alkanes of at least 4 members (excludes halogenated alkanes) is 1. The summed E-state index contributed by atoms with van der Waals surface area (Å²) in [5.74, 6) is -0.0817. The number of allylic oxidation sites excluding steroid dienone is 3. The molecule has 2 N–H and O–H groups in total. The number of hydrogen-bond donors (Lipinski definition) is 2. The summed E-state index contributed by atoms with van der Waals surface area (Å²) in [6.07, 6.45) is 12.4. The van der Waals surface area contributed by atoms with Crippen molar-refractivity contribution in [1.29, 1.82) is 0 Å². The van der Waals surface area contributed by atoms with Crippen LogP contribution in [0.1, 0.15) is 57.8 Å². The first-order valence-electron chi connectivity index (χ1n) is 8.36. The predicted molar refractivity (Wildman–Crippen MR) is 84.4 cm³/mol. The summed E-state index contributed by atoms with van der Waals surface area (Å²) in [4.78, 5) is 22.6. The molecule has 0 radical (unpaired) electrons. The minimum Gasteiger partial charge on any atom is -0.481 e. The van der Waals surface area contributed by atoms with Crippen LogP contribution in [0, 0.1) is 11.8 Å². The van der Waals surface area contributed by atoms with Crippen LogP contribution in [-0.4, -0.2) is 28.1 Å². The van der Waals surface area contributed by atoms with Gasteiger partial charge in [-0.1, -0.05) is 23.8 Å². The van der Waals surface area contributed by atoms with Crippen LogP contribution in [0.15, 0.2) is 23.8 Å². The van der Waals surface area contributed by atoms with Gasteiger partial charge < -0.3 is 10.2 Å². The molecule has 3 atom stereocenters. The average molecular weight is 306 g/mol. The number of carboxylic acid groups (broad SMARTS) is 1. The molecule has 0 spiro atoms. The molecular weight excluding hydrogens is 280 g/mol. The molecule has 0 saturated heterocycles. The number of carboxylic acids is 1. The zero-order valence-corrected chi connectivity index (χ0v) is 13.0. The Morgan fingerprint density at radius 3 is 2.82 bits per heavy atom. The molecule has 1 unspecified atom stereocenters. The topological polar surface area (TPSA) is 74.6 Å². The van der Waals surface area contributed by atoms with Gasteiger partial charge in [0.15, 0.2) is 0 Å². The van der Waals surface area contributed by atoms with E-state index in [0.717, 1.165) is 38.5 Å². The average Bonchev–Trinajstić information content (AvgIpc) is 2.83. The lowest BCUT2D eigenvalue weighted by atomic mass is 9.80. The summed E-state index contributed by atoms with van der Waals surface area (Å²) < 4.78 is 0. The summed E-state index contributed by atoms with van der Waals surface area (Å²) >= 11 is 0. The van der Waals surface area contributed by atoms with Gasteiger partial charge in [0, 0.05) is 18.8 Å². The van der Waals surface area contributed by atoms with Gasteiger partial charge in [0.1, 0.15) is 5.78 Å². The second kappa shape index (κ2) is 8.28. The van der Waals surface area contributed by atoms with Gasteiger partial charge in [-0.05, 0) is 50.9 Å². The Bertz CT molecular complexity index is 464. The highest BCUT2D eigenvalue weighted by atomic mass is 16.4. The molecule has 122 valence electrons. The van der Waals surface area contributed by atoms with Crippen LogP contribution >= 0.6 is 0 Å². The van der Waals surface area contributed by atoms with E-state index in [0.29, 0.717) is 24.5 Å². The lowest BCUT2D eigenvalue weighted by Crippen LogP contribution is -2.20.